The molecule has 0 saturated carbocycles. The van der Waals surface area contributed by atoms with Gasteiger partial charge in [0, 0.05) is 13.1 Å². The number of hydrogen-bond acceptors (Lipinski definition) is 3. The molecule has 0 radical (unpaired) electrons. The summed E-state index contributed by atoms with van der Waals surface area (Å²) in [5, 5.41) is 0. The summed E-state index contributed by atoms with van der Waals surface area (Å²) in [5.74, 6) is 0.934. The van der Waals surface area contributed by atoms with Gasteiger partial charge in [-0.3, -0.25) is 4.90 Å². The molecule has 3 nitrogen and oxygen atoms in total. The van der Waals surface area contributed by atoms with Crippen molar-refractivity contribution in [3.63, 3.8) is 0 Å². The average molecular weight is 276 g/mol. The zero-order valence-corrected chi connectivity index (χ0v) is 12.9. The van der Waals surface area contributed by atoms with Gasteiger partial charge < -0.3 is 10.5 Å². The van der Waals surface area contributed by atoms with E-state index < -0.39 is 0 Å². The minimum atomic E-state index is 0.562. The van der Waals surface area contributed by atoms with Gasteiger partial charge in [0.25, 0.3) is 0 Å². The van der Waals surface area contributed by atoms with E-state index in [0.29, 0.717) is 12.0 Å². The highest BCUT2D eigenvalue weighted by molar-refractivity contribution is 5.28. The molecule has 1 fully saturated rings. The molecule has 1 aromatic carbocycles. The average Bonchev–Trinajstić information content (AvgIpc) is 2.50. The van der Waals surface area contributed by atoms with Gasteiger partial charge in [-0.15, -0.1) is 0 Å². The number of nitrogens with zero attached hydrogens (tertiary/aromatic N) is 1. The molecule has 0 atom stereocenters. The topological polar surface area (TPSA) is 38.5 Å². The molecule has 1 aliphatic heterocycles. The molecule has 3 heteroatoms. The monoisotopic (exact) mass is 276 g/mol. The Labute approximate surface area is 123 Å². The third-order valence-corrected chi connectivity index (χ3v) is 4.73. The molecule has 1 aliphatic rings. The maximum atomic E-state index is 5.83. The van der Waals surface area contributed by atoms with E-state index in [-0.39, 0.29) is 0 Å². The zero-order chi connectivity index (χ0) is 14.4. The van der Waals surface area contributed by atoms with Gasteiger partial charge >= 0.3 is 0 Å². The van der Waals surface area contributed by atoms with Crippen molar-refractivity contribution in [2.24, 2.45) is 11.1 Å². The summed E-state index contributed by atoms with van der Waals surface area (Å²) in [6.07, 6.45) is 3.92. The molecule has 0 aliphatic carbocycles. The second kappa shape index (κ2) is 7.09. The SMILES string of the molecule is CCC1(C)CCN(CCOc2cccc(CN)c2)CC1. The largest absolute Gasteiger partial charge is 0.492 e. The predicted molar refractivity (Wildman–Crippen MR) is 83.9 cm³/mol. The van der Waals surface area contributed by atoms with E-state index in [0.717, 1.165) is 24.5 Å². The van der Waals surface area contributed by atoms with Gasteiger partial charge in [-0.2, -0.15) is 0 Å². The Bertz CT molecular complexity index is 411. The van der Waals surface area contributed by atoms with Gasteiger partial charge in [-0.05, 0) is 49.0 Å². The van der Waals surface area contributed by atoms with Gasteiger partial charge in [0.15, 0.2) is 0 Å². The second-order valence-electron chi connectivity index (χ2n) is 6.21. The summed E-state index contributed by atoms with van der Waals surface area (Å²) < 4.78 is 5.83. The van der Waals surface area contributed by atoms with Crippen LogP contribution in [0.25, 0.3) is 0 Å². The summed E-state index contributed by atoms with van der Waals surface area (Å²) in [6.45, 7) is 9.48. The zero-order valence-electron chi connectivity index (χ0n) is 12.9. The Morgan fingerprint density at radius 2 is 2.05 bits per heavy atom. The molecule has 1 heterocycles. The first-order chi connectivity index (χ1) is 9.65. The highest BCUT2D eigenvalue weighted by Crippen LogP contribution is 2.33. The molecule has 1 saturated heterocycles. The molecule has 0 unspecified atom stereocenters. The van der Waals surface area contributed by atoms with E-state index in [2.05, 4.69) is 18.7 Å². The van der Waals surface area contributed by atoms with E-state index >= 15 is 0 Å². The Morgan fingerprint density at radius 3 is 2.70 bits per heavy atom. The summed E-state index contributed by atoms with van der Waals surface area (Å²) in [4.78, 5) is 2.52. The van der Waals surface area contributed by atoms with E-state index in [1.54, 1.807) is 0 Å². The summed E-state index contributed by atoms with van der Waals surface area (Å²) >= 11 is 0. The van der Waals surface area contributed by atoms with Gasteiger partial charge in [-0.1, -0.05) is 32.4 Å². The van der Waals surface area contributed by atoms with Crippen molar-refractivity contribution in [2.45, 2.75) is 39.7 Å². The van der Waals surface area contributed by atoms with Crippen molar-refractivity contribution in [1.82, 2.24) is 4.90 Å². The highest BCUT2D eigenvalue weighted by Gasteiger charge is 2.27. The third-order valence-electron chi connectivity index (χ3n) is 4.73. The van der Waals surface area contributed by atoms with Crippen LogP contribution >= 0.6 is 0 Å². The van der Waals surface area contributed by atoms with Crippen molar-refractivity contribution >= 4 is 0 Å². The lowest BCUT2D eigenvalue weighted by molar-refractivity contribution is 0.101. The number of rotatable bonds is 6. The van der Waals surface area contributed by atoms with Crippen molar-refractivity contribution < 1.29 is 4.74 Å². The van der Waals surface area contributed by atoms with Gasteiger partial charge in [-0.25, -0.2) is 0 Å². The van der Waals surface area contributed by atoms with Crippen molar-refractivity contribution in [3.8, 4) is 5.75 Å². The summed E-state index contributed by atoms with van der Waals surface area (Å²) in [7, 11) is 0. The normalized spacial score (nSPS) is 18.9. The van der Waals surface area contributed by atoms with Crippen LogP contribution in [0.1, 0.15) is 38.7 Å². The molecule has 2 N–H and O–H groups in total. The van der Waals surface area contributed by atoms with Crippen molar-refractivity contribution in [1.29, 1.82) is 0 Å². The van der Waals surface area contributed by atoms with Gasteiger partial charge in [0.2, 0.25) is 0 Å². The van der Waals surface area contributed by atoms with E-state index in [9.17, 15) is 0 Å². The Hall–Kier alpha value is -1.06. The molecule has 1 aromatic rings. The van der Waals surface area contributed by atoms with Crippen LogP contribution in [0.5, 0.6) is 5.75 Å². The minimum absolute atomic E-state index is 0.562. The quantitative estimate of drug-likeness (QED) is 0.868. The summed E-state index contributed by atoms with van der Waals surface area (Å²) in [6, 6.07) is 8.07. The van der Waals surface area contributed by atoms with Crippen LogP contribution in [0, 0.1) is 5.41 Å². The fraction of sp³-hybridized carbons (Fsp3) is 0.647. The first kappa shape index (κ1) is 15.3. The van der Waals surface area contributed by atoms with Crippen LogP contribution < -0.4 is 10.5 Å². The fourth-order valence-electron chi connectivity index (χ4n) is 2.72. The van der Waals surface area contributed by atoms with Crippen LogP contribution in [0.15, 0.2) is 24.3 Å². The number of nitrogens with two attached hydrogens (primary N) is 1. The number of piperidine rings is 1. The lowest BCUT2D eigenvalue weighted by atomic mass is 9.78. The molecule has 0 bridgehead atoms. The Balaban J connectivity index is 1.71. The maximum absolute atomic E-state index is 5.83. The van der Waals surface area contributed by atoms with E-state index in [4.69, 9.17) is 10.5 Å². The van der Waals surface area contributed by atoms with Crippen molar-refractivity contribution in [3.05, 3.63) is 29.8 Å². The van der Waals surface area contributed by atoms with Crippen LogP contribution in [0.3, 0.4) is 0 Å². The second-order valence-corrected chi connectivity index (χ2v) is 6.21. The fourth-order valence-corrected chi connectivity index (χ4v) is 2.72. The predicted octanol–water partition coefficient (Wildman–Crippen LogP) is 3.04. The number of hydrogen-bond donors (Lipinski definition) is 1. The summed E-state index contributed by atoms with van der Waals surface area (Å²) in [5.41, 5.74) is 7.33. The first-order valence-electron chi connectivity index (χ1n) is 7.79. The molecule has 20 heavy (non-hydrogen) atoms. The van der Waals surface area contributed by atoms with Crippen LogP contribution in [0.2, 0.25) is 0 Å². The molecule has 0 aromatic heterocycles. The number of ether oxygens (including phenoxy) is 1. The lowest BCUT2D eigenvalue weighted by Crippen LogP contribution is -2.40. The van der Waals surface area contributed by atoms with Crippen LogP contribution in [-0.4, -0.2) is 31.1 Å². The Kier molecular flexibility index (Phi) is 5.44. The molecular weight excluding hydrogens is 248 g/mol. The molecule has 0 spiro atoms. The smallest absolute Gasteiger partial charge is 0.119 e. The molecule has 2 rings (SSSR count). The van der Waals surface area contributed by atoms with E-state index in [1.165, 1.54) is 32.4 Å². The Morgan fingerprint density at radius 1 is 1.30 bits per heavy atom. The number of benzene rings is 1. The molecule has 112 valence electrons. The van der Waals surface area contributed by atoms with Crippen LogP contribution in [-0.2, 0) is 6.54 Å². The van der Waals surface area contributed by atoms with Crippen molar-refractivity contribution in [2.75, 3.05) is 26.2 Å². The highest BCUT2D eigenvalue weighted by atomic mass is 16.5. The van der Waals surface area contributed by atoms with Gasteiger partial charge in [0.1, 0.15) is 12.4 Å². The van der Waals surface area contributed by atoms with E-state index in [1.807, 2.05) is 24.3 Å². The minimum Gasteiger partial charge on any atom is -0.492 e. The van der Waals surface area contributed by atoms with Gasteiger partial charge in [0.05, 0.1) is 0 Å². The van der Waals surface area contributed by atoms with Crippen LogP contribution in [0.4, 0.5) is 0 Å². The lowest BCUT2D eigenvalue weighted by Gasteiger charge is -2.38. The molecule has 0 amide bonds. The standard InChI is InChI=1S/C17H28N2O/c1-3-17(2)7-9-19(10-8-17)11-12-20-16-6-4-5-15(13-16)14-18/h4-6,13H,3,7-12,14,18H2,1-2H3. The number of likely N-dealkylation sites (tertiary alicyclic amines) is 1. The third kappa shape index (κ3) is 4.22. The molecular formula is C17H28N2O. The first-order valence-corrected chi connectivity index (χ1v) is 7.79. The maximum Gasteiger partial charge on any atom is 0.119 e.